The van der Waals surface area contributed by atoms with Crippen LogP contribution in [0.1, 0.15) is 43.5 Å². The van der Waals surface area contributed by atoms with Crippen molar-refractivity contribution < 1.29 is 4.79 Å². The van der Waals surface area contributed by atoms with Gasteiger partial charge in [-0.25, -0.2) is 0 Å². The standard InChI is InChI=1S/C22H30N4OS/c1-2-15-26-20(16-19-11-7-4-8-12-19)24-25-22(26)28-17-21(27)23-14-13-18-9-5-3-6-10-18/h2-3,5-6,9-10,19H,1,4,7-8,11-17H2,(H,23,27). The molecule has 150 valence electrons. The van der Waals surface area contributed by atoms with E-state index in [0.717, 1.165) is 23.8 Å². The number of carbonyl (C=O) groups is 1. The van der Waals surface area contributed by atoms with Crippen molar-refractivity contribution in [2.24, 2.45) is 5.92 Å². The highest BCUT2D eigenvalue weighted by Gasteiger charge is 2.19. The van der Waals surface area contributed by atoms with Gasteiger partial charge in [0.05, 0.1) is 5.75 Å². The number of amides is 1. The van der Waals surface area contributed by atoms with E-state index in [1.165, 1.54) is 49.4 Å². The van der Waals surface area contributed by atoms with Gasteiger partial charge in [0.15, 0.2) is 5.16 Å². The number of rotatable bonds is 10. The van der Waals surface area contributed by atoms with Gasteiger partial charge in [-0.05, 0) is 17.9 Å². The van der Waals surface area contributed by atoms with E-state index in [-0.39, 0.29) is 5.91 Å². The number of nitrogens with one attached hydrogen (secondary N) is 1. The van der Waals surface area contributed by atoms with Crippen LogP contribution >= 0.6 is 11.8 Å². The highest BCUT2D eigenvalue weighted by Crippen LogP contribution is 2.27. The van der Waals surface area contributed by atoms with Gasteiger partial charge in [-0.15, -0.1) is 16.8 Å². The Bertz CT molecular complexity index is 753. The molecule has 1 fully saturated rings. The second-order valence-electron chi connectivity index (χ2n) is 7.38. The predicted molar refractivity (Wildman–Crippen MR) is 114 cm³/mol. The first kappa shape index (κ1) is 20.6. The molecule has 5 nitrogen and oxygen atoms in total. The maximum Gasteiger partial charge on any atom is 0.230 e. The van der Waals surface area contributed by atoms with Gasteiger partial charge in [0.1, 0.15) is 5.82 Å². The Labute approximate surface area is 172 Å². The van der Waals surface area contributed by atoms with E-state index in [0.29, 0.717) is 24.8 Å². The van der Waals surface area contributed by atoms with Crippen molar-refractivity contribution >= 4 is 17.7 Å². The zero-order chi connectivity index (χ0) is 19.6. The summed E-state index contributed by atoms with van der Waals surface area (Å²) >= 11 is 1.45. The molecular weight excluding hydrogens is 368 g/mol. The van der Waals surface area contributed by atoms with Gasteiger partial charge in [0.25, 0.3) is 0 Å². The lowest BCUT2D eigenvalue weighted by Gasteiger charge is -2.21. The van der Waals surface area contributed by atoms with Crippen LogP contribution in [0.4, 0.5) is 0 Å². The average molecular weight is 399 g/mol. The molecule has 1 amide bonds. The number of carbonyl (C=O) groups excluding carboxylic acids is 1. The van der Waals surface area contributed by atoms with Crippen LogP contribution in [-0.4, -0.2) is 33.0 Å². The second kappa shape index (κ2) is 11.1. The zero-order valence-corrected chi connectivity index (χ0v) is 17.3. The van der Waals surface area contributed by atoms with Gasteiger partial charge in [-0.2, -0.15) is 0 Å². The molecule has 0 spiro atoms. The van der Waals surface area contributed by atoms with Crippen molar-refractivity contribution in [2.45, 2.75) is 56.6 Å². The van der Waals surface area contributed by atoms with Crippen LogP contribution in [0, 0.1) is 5.92 Å². The summed E-state index contributed by atoms with van der Waals surface area (Å²) in [6.45, 7) is 5.20. The molecule has 0 aliphatic heterocycles. The minimum absolute atomic E-state index is 0.0305. The molecule has 1 aliphatic carbocycles. The van der Waals surface area contributed by atoms with Gasteiger partial charge in [-0.3, -0.25) is 4.79 Å². The molecule has 1 aromatic carbocycles. The number of thioether (sulfide) groups is 1. The smallest absolute Gasteiger partial charge is 0.230 e. The SMILES string of the molecule is C=CCn1c(CC2CCCCC2)nnc1SCC(=O)NCCc1ccccc1. The second-order valence-corrected chi connectivity index (χ2v) is 8.32. The first-order valence-electron chi connectivity index (χ1n) is 10.2. The monoisotopic (exact) mass is 398 g/mol. The maximum absolute atomic E-state index is 12.2. The van der Waals surface area contributed by atoms with Crippen LogP contribution in [0.25, 0.3) is 0 Å². The highest BCUT2D eigenvalue weighted by molar-refractivity contribution is 7.99. The Morgan fingerprint density at radius 3 is 2.75 bits per heavy atom. The largest absolute Gasteiger partial charge is 0.355 e. The number of benzene rings is 1. The third kappa shape index (κ3) is 6.23. The molecule has 1 aliphatic rings. The molecular formula is C22H30N4OS. The molecule has 1 N–H and O–H groups in total. The number of aromatic nitrogens is 3. The lowest BCUT2D eigenvalue weighted by atomic mass is 9.87. The fraction of sp³-hybridized carbons (Fsp3) is 0.500. The third-order valence-corrected chi connectivity index (χ3v) is 6.18. The van der Waals surface area contributed by atoms with Crippen LogP contribution in [0.2, 0.25) is 0 Å². The Kier molecular flexibility index (Phi) is 8.15. The average Bonchev–Trinajstić information content (AvgIpc) is 3.10. The Balaban J connectivity index is 1.48. The molecule has 1 heterocycles. The summed E-state index contributed by atoms with van der Waals surface area (Å²) in [6, 6.07) is 10.2. The summed E-state index contributed by atoms with van der Waals surface area (Å²) in [5, 5.41) is 12.6. The number of allylic oxidation sites excluding steroid dienone is 1. The van der Waals surface area contributed by atoms with Crippen LogP contribution in [0.3, 0.4) is 0 Å². The third-order valence-electron chi connectivity index (χ3n) is 5.21. The van der Waals surface area contributed by atoms with E-state index in [9.17, 15) is 4.79 Å². The summed E-state index contributed by atoms with van der Waals surface area (Å²) in [6.07, 6.45) is 10.3. The van der Waals surface area contributed by atoms with E-state index < -0.39 is 0 Å². The lowest BCUT2D eigenvalue weighted by Crippen LogP contribution is -2.27. The molecule has 0 bridgehead atoms. The predicted octanol–water partition coefficient (Wildman–Crippen LogP) is 4.04. The van der Waals surface area contributed by atoms with Crippen molar-refractivity contribution in [1.82, 2.24) is 20.1 Å². The van der Waals surface area contributed by atoms with Crippen molar-refractivity contribution in [1.29, 1.82) is 0 Å². The molecule has 3 rings (SSSR count). The van der Waals surface area contributed by atoms with Gasteiger partial charge in [-0.1, -0.05) is 80.3 Å². The summed E-state index contributed by atoms with van der Waals surface area (Å²) in [5.41, 5.74) is 1.23. The topological polar surface area (TPSA) is 59.8 Å². The van der Waals surface area contributed by atoms with E-state index in [1.807, 2.05) is 24.3 Å². The van der Waals surface area contributed by atoms with Gasteiger partial charge in [0, 0.05) is 19.5 Å². The number of hydrogen-bond acceptors (Lipinski definition) is 4. The van der Waals surface area contributed by atoms with Gasteiger partial charge >= 0.3 is 0 Å². The number of hydrogen-bond donors (Lipinski definition) is 1. The molecule has 0 radical (unpaired) electrons. The first-order chi connectivity index (χ1) is 13.8. The summed E-state index contributed by atoms with van der Waals surface area (Å²) < 4.78 is 2.11. The van der Waals surface area contributed by atoms with Crippen molar-refractivity contribution in [3.8, 4) is 0 Å². The van der Waals surface area contributed by atoms with Gasteiger partial charge in [0.2, 0.25) is 5.91 Å². The Morgan fingerprint density at radius 2 is 2.00 bits per heavy atom. The zero-order valence-electron chi connectivity index (χ0n) is 16.5. The van der Waals surface area contributed by atoms with Crippen LogP contribution in [0.5, 0.6) is 0 Å². The summed E-state index contributed by atoms with van der Waals surface area (Å²) in [5.74, 6) is 2.12. The normalized spacial score (nSPS) is 14.7. The molecule has 0 atom stereocenters. The molecule has 6 heteroatoms. The van der Waals surface area contributed by atoms with Gasteiger partial charge < -0.3 is 9.88 Å². The summed E-state index contributed by atoms with van der Waals surface area (Å²) in [7, 11) is 0. The minimum Gasteiger partial charge on any atom is -0.355 e. The van der Waals surface area contributed by atoms with E-state index in [2.05, 4.69) is 38.8 Å². The van der Waals surface area contributed by atoms with Crippen molar-refractivity contribution in [2.75, 3.05) is 12.3 Å². The van der Waals surface area contributed by atoms with E-state index >= 15 is 0 Å². The molecule has 0 unspecified atom stereocenters. The summed E-state index contributed by atoms with van der Waals surface area (Å²) in [4.78, 5) is 12.2. The maximum atomic E-state index is 12.2. The highest BCUT2D eigenvalue weighted by atomic mass is 32.2. The first-order valence-corrected chi connectivity index (χ1v) is 11.2. The van der Waals surface area contributed by atoms with Crippen molar-refractivity contribution in [3.63, 3.8) is 0 Å². The molecule has 28 heavy (non-hydrogen) atoms. The fourth-order valence-corrected chi connectivity index (χ4v) is 4.51. The fourth-order valence-electron chi connectivity index (χ4n) is 3.71. The number of nitrogens with zero attached hydrogens (tertiary/aromatic N) is 3. The van der Waals surface area contributed by atoms with E-state index in [4.69, 9.17) is 0 Å². The quantitative estimate of drug-likeness (QED) is 0.485. The van der Waals surface area contributed by atoms with Crippen LogP contribution in [0.15, 0.2) is 48.1 Å². The lowest BCUT2D eigenvalue weighted by molar-refractivity contribution is -0.118. The van der Waals surface area contributed by atoms with Crippen molar-refractivity contribution in [3.05, 3.63) is 54.4 Å². The van der Waals surface area contributed by atoms with Crippen LogP contribution in [-0.2, 0) is 24.2 Å². The molecule has 0 saturated heterocycles. The molecule has 1 saturated carbocycles. The Hall–Kier alpha value is -2.08. The molecule has 1 aromatic heterocycles. The molecule has 2 aromatic rings. The van der Waals surface area contributed by atoms with Crippen LogP contribution < -0.4 is 5.32 Å². The van der Waals surface area contributed by atoms with E-state index in [1.54, 1.807) is 0 Å². The Morgan fingerprint density at radius 1 is 1.21 bits per heavy atom. The minimum atomic E-state index is 0.0305.